The molecule has 1 aromatic heterocycles. The molecule has 0 unspecified atom stereocenters. The molecular weight excluding hydrogens is 224 g/mol. The van der Waals surface area contributed by atoms with Crippen molar-refractivity contribution < 1.29 is 9.21 Å². The number of amides is 2. The van der Waals surface area contributed by atoms with Gasteiger partial charge in [-0.3, -0.25) is 10.4 Å². The van der Waals surface area contributed by atoms with E-state index in [1.807, 2.05) is 11.5 Å². The Morgan fingerprint density at radius 2 is 2.29 bits per heavy atom. The maximum atomic E-state index is 10.9. The van der Waals surface area contributed by atoms with Crippen LogP contribution < -0.4 is 22.3 Å². The van der Waals surface area contributed by atoms with E-state index in [2.05, 4.69) is 10.3 Å². The molecule has 1 aromatic carbocycles. The molecule has 90 valence electrons. The van der Waals surface area contributed by atoms with Crippen LogP contribution in [-0.2, 0) is 6.42 Å². The number of fused-ring (bicyclic) bond motifs is 1. The van der Waals surface area contributed by atoms with Crippen LogP contribution in [-0.4, -0.2) is 17.6 Å². The first kappa shape index (κ1) is 11.2. The van der Waals surface area contributed by atoms with Gasteiger partial charge in [0.15, 0.2) is 5.58 Å². The number of H-pyrrole nitrogens is 1. The number of benzene rings is 1. The standard InChI is InChI=1S/C10H12N4O3/c11-14-9(15)12-4-3-6-1-2-7-8(5-6)17-10(16)13-7/h1-2,5H,3-4,11H2,(H,13,16)(H2,12,14,15). The average Bonchev–Trinajstić information content (AvgIpc) is 2.68. The first-order chi connectivity index (χ1) is 8.19. The van der Waals surface area contributed by atoms with Crippen molar-refractivity contribution in [3.05, 3.63) is 34.3 Å². The Hall–Kier alpha value is -2.28. The molecule has 7 nitrogen and oxygen atoms in total. The van der Waals surface area contributed by atoms with Crippen LogP contribution in [0.4, 0.5) is 4.79 Å². The van der Waals surface area contributed by atoms with Crippen molar-refractivity contribution in [1.82, 2.24) is 15.7 Å². The Bertz CT molecular complexity index is 586. The van der Waals surface area contributed by atoms with Gasteiger partial charge in [-0.15, -0.1) is 0 Å². The van der Waals surface area contributed by atoms with Crippen molar-refractivity contribution in [3.8, 4) is 0 Å². The van der Waals surface area contributed by atoms with E-state index >= 15 is 0 Å². The molecule has 0 spiro atoms. The molecule has 0 fully saturated rings. The zero-order chi connectivity index (χ0) is 12.3. The van der Waals surface area contributed by atoms with Gasteiger partial charge in [0.25, 0.3) is 0 Å². The van der Waals surface area contributed by atoms with E-state index in [-0.39, 0.29) is 0 Å². The molecule has 7 heteroatoms. The van der Waals surface area contributed by atoms with Crippen LogP contribution >= 0.6 is 0 Å². The van der Waals surface area contributed by atoms with Crippen molar-refractivity contribution in [2.45, 2.75) is 6.42 Å². The number of aromatic amines is 1. The Morgan fingerprint density at radius 1 is 1.47 bits per heavy atom. The third kappa shape index (κ3) is 2.64. The Labute approximate surface area is 96.0 Å². The van der Waals surface area contributed by atoms with Gasteiger partial charge in [-0.1, -0.05) is 6.07 Å². The quantitative estimate of drug-likeness (QED) is 0.337. The van der Waals surface area contributed by atoms with Gasteiger partial charge in [-0.05, 0) is 24.1 Å². The second kappa shape index (κ2) is 4.71. The van der Waals surface area contributed by atoms with Crippen molar-refractivity contribution in [2.75, 3.05) is 6.54 Å². The summed E-state index contributed by atoms with van der Waals surface area (Å²) in [7, 11) is 0. The summed E-state index contributed by atoms with van der Waals surface area (Å²) in [4.78, 5) is 24.3. The van der Waals surface area contributed by atoms with Crippen LogP contribution in [0.25, 0.3) is 11.1 Å². The maximum Gasteiger partial charge on any atom is 0.417 e. The fraction of sp³-hybridized carbons (Fsp3) is 0.200. The number of aromatic nitrogens is 1. The average molecular weight is 236 g/mol. The summed E-state index contributed by atoms with van der Waals surface area (Å²) in [5.41, 5.74) is 4.09. The zero-order valence-electron chi connectivity index (χ0n) is 8.95. The van der Waals surface area contributed by atoms with Crippen LogP contribution in [0.2, 0.25) is 0 Å². The molecule has 5 N–H and O–H groups in total. The molecule has 1 heterocycles. The minimum atomic E-state index is -0.474. The summed E-state index contributed by atoms with van der Waals surface area (Å²) in [6, 6.07) is 4.95. The lowest BCUT2D eigenvalue weighted by Crippen LogP contribution is -2.40. The molecule has 2 amide bonds. The van der Waals surface area contributed by atoms with Gasteiger partial charge in [0.1, 0.15) is 0 Å². The number of hydrogen-bond acceptors (Lipinski definition) is 4. The smallest absolute Gasteiger partial charge is 0.408 e. The highest BCUT2D eigenvalue weighted by molar-refractivity contribution is 5.73. The van der Waals surface area contributed by atoms with Crippen LogP contribution in [0.5, 0.6) is 0 Å². The molecule has 0 atom stereocenters. The first-order valence-electron chi connectivity index (χ1n) is 5.05. The molecule has 0 saturated heterocycles. The number of carbonyl (C=O) groups is 1. The first-order valence-corrected chi connectivity index (χ1v) is 5.05. The number of rotatable bonds is 3. The summed E-state index contributed by atoms with van der Waals surface area (Å²) in [5.74, 6) is 4.44. The van der Waals surface area contributed by atoms with Gasteiger partial charge in [-0.2, -0.15) is 0 Å². The van der Waals surface area contributed by atoms with Crippen LogP contribution in [0, 0.1) is 0 Å². The summed E-state index contributed by atoms with van der Waals surface area (Å²) >= 11 is 0. The van der Waals surface area contributed by atoms with E-state index in [0.29, 0.717) is 24.1 Å². The van der Waals surface area contributed by atoms with Crippen LogP contribution in [0.1, 0.15) is 5.56 Å². The molecule has 2 rings (SSSR count). The number of hydrazine groups is 1. The number of nitrogens with two attached hydrogens (primary N) is 1. The topological polar surface area (TPSA) is 113 Å². The third-order valence-electron chi connectivity index (χ3n) is 2.32. The molecule has 17 heavy (non-hydrogen) atoms. The van der Waals surface area contributed by atoms with E-state index in [1.54, 1.807) is 12.1 Å². The summed E-state index contributed by atoms with van der Waals surface area (Å²) in [6.07, 6.45) is 0.623. The molecule has 2 aromatic rings. The normalized spacial score (nSPS) is 10.4. The molecule has 0 bridgehead atoms. The van der Waals surface area contributed by atoms with Gasteiger partial charge in [0.05, 0.1) is 5.52 Å². The molecule has 0 radical (unpaired) electrons. The third-order valence-corrected chi connectivity index (χ3v) is 2.32. The highest BCUT2D eigenvalue weighted by Gasteiger charge is 2.02. The lowest BCUT2D eigenvalue weighted by atomic mass is 10.1. The molecule has 0 aliphatic rings. The van der Waals surface area contributed by atoms with Gasteiger partial charge in [0.2, 0.25) is 0 Å². The van der Waals surface area contributed by atoms with Crippen molar-refractivity contribution in [2.24, 2.45) is 5.84 Å². The van der Waals surface area contributed by atoms with Gasteiger partial charge in [0, 0.05) is 6.54 Å². The van der Waals surface area contributed by atoms with Crippen LogP contribution in [0.15, 0.2) is 27.4 Å². The molecular formula is C10H12N4O3. The number of oxazole rings is 1. The fourth-order valence-electron chi connectivity index (χ4n) is 1.52. The van der Waals surface area contributed by atoms with E-state index in [4.69, 9.17) is 10.3 Å². The number of hydrogen-bond donors (Lipinski definition) is 4. The van der Waals surface area contributed by atoms with Crippen molar-refractivity contribution in [1.29, 1.82) is 0 Å². The lowest BCUT2D eigenvalue weighted by molar-refractivity contribution is 0.241. The Morgan fingerprint density at radius 3 is 3.06 bits per heavy atom. The van der Waals surface area contributed by atoms with Gasteiger partial charge in [-0.25, -0.2) is 15.4 Å². The van der Waals surface area contributed by atoms with Gasteiger partial charge < -0.3 is 9.73 Å². The maximum absolute atomic E-state index is 10.9. The zero-order valence-corrected chi connectivity index (χ0v) is 8.95. The summed E-state index contributed by atoms with van der Waals surface area (Å²) in [6.45, 7) is 0.448. The van der Waals surface area contributed by atoms with Crippen LogP contribution in [0.3, 0.4) is 0 Å². The minimum absolute atomic E-state index is 0.431. The minimum Gasteiger partial charge on any atom is -0.408 e. The highest BCUT2D eigenvalue weighted by atomic mass is 16.4. The Balaban J connectivity index is 2.04. The SMILES string of the molecule is NNC(=O)NCCc1ccc2[nH]c(=O)oc2c1. The largest absolute Gasteiger partial charge is 0.417 e. The monoisotopic (exact) mass is 236 g/mol. The Kier molecular flexibility index (Phi) is 3.10. The molecule has 0 saturated carbocycles. The molecule has 0 aliphatic carbocycles. The van der Waals surface area contributed by atoms with E-state index in [1.165, 1.54) is 0 Å². The summed E-state index contributed by atoms with van der Waals surface area (Å²) in [5, 5.41) is 2.56. The second-order valence-electron chi connectivity index (χ2n) is 3.50. The molecule has 0 aliphatic heterocycles. The fourth-order valence-corrected chi connectivity index (χ4v) is 1.52. The number of carbonyl (C=O) groups excluding carboxylic acids is 1. The predicted molar refractivity (Wildman–Crippen MR) is 61.3 cm³/mol. The van der Waals surface area contributed by atoms with E-state index in [9.17, 15) is 9.59 Å². The number of urea groups is 1. The van der Waals surface area contributed by atoms with E-state index < -0.39 is 11.8 Å². The highest BCUT2D eigenvalue weighted by Crippen LogP contribution is 2.12. The van der Waals surface area contributed by atoms with Crippen molar-refractivity contribution in [3.63, 3.8) is 0 Å². The summed E-state index contributed by atoms with van der Waals surface area (Å²) < 4.78 is 4.93. The van der Waals surface area contributed by atoms with Gasteiger partial charge >= 0.3 is 11.8 Å². The lowest BCUT2D eigenvalue weighted by Gasteiger charge is -2.03. The second-order valence-corrected chi connectivity index (χ2v) is 3.50. The number of nitrogens with one attached hydrogen (secondary N) is 3. The van der Waals surface area contributed by atoms with E-state index in [0.717, 1.165) is 5.56 Å². The van der Waals surface area contributed by atoms with Crippen molar-refractivity contribution >= 4 is 17.1 Å². The predicted octanol–water partition coefficient (Wildman–Crippen LogP) is -0.164.